The molecule has 8 nitrogen and oxygen atoms in total. The number of carbonyl (C=O) groups excluding carboxylic acids is 1. The minimum atomic E-state index is -1.65. The zero-order valence-corrected chi connectivity index (χ0v) is 12.6. The molecule has 120 valence electrons. The van der Waals surface area contributed by atoms with Gasteiger partial charge in [-0.25, -0.2) is 9.69 Å². The SMILES string of the molecule is O=C(Cc1ccc(NS(=O)c2cccc([N+](=O)[O-])c2)cc1)NO. The van der Waals surface area contributed by atoms with Gasteiger partial charge in [0.25, 0.3) is 5.69 Å². The quantitative estimate of drug-likeness (QED) is 0.422. The predicted molar refractivity (Wildman–Crippen MR) is 83.2 cm³/mol. The van der Waals surface area contributed by atoms with Crippen molar-refractivity contribution in [3.05, 3.63) is 64.2 Å². The van der Waals surface area contributed by atoms with E-state index in [0.29, 0.717) is 11.3 Å². The molecule has 0 spiro atoms. The molecule has 23 heavy (non-hydrogen) atoms. The number of amides is 1. The van der Waals surface area contributed by atoms with Crippen LogP contribution >= 0.6 is 0 Å². The van der Waals surface area contributed by atoms with Crippen LogP contribution < -0.4 is 10.2 Å². The van der Waals surface area contributed by atoms with Gasteiger partial charge in [0, 0.05) is 17.8 Å². The van der Waals surface area contributed by atoms with E-state index in [-0.39, 0.29) is 17.0 Å². The summed E-state index contributed by atoms with van der Waals surface area (Å²) in [5.74, 6) is -0.536. The molecule has 0 radical (unpaired) electrons. The van der Waals surface area contributed by atoms with Gasteiger partial charge in [0.15, 0.2) is 11.0 Å². The Morgan fingerprint density at radius 3 is 2.52 bits per heavy atom. The van der Waals surface area contributed by atoms with E-state index in [2.05, 4.69) is 4.72 Å². The number of nitrogens with zero attached hydrogens (tertiary/aromatic N) is 1. The summed E-state index contributed by atoms with van der Waals surface area (Å²) in [5.41, 5.74) is 2.60. The number of nitro benzene ring substituents is 1. The Bertz CT molecular complexity index is 748. The summed E-state index contributed by atoms with van der Waals surface area (Å²) in [6.07, 6.45) is 0.0186. The van der Waals surface area contributed by atoms with Crippen LogP contribution in [-0.4, -0.2) is 20.2 Å². The van der Waals surface area contributed by atoms with Crippen LogP contribution in [0, 0.1) is 10.1 Å². The summed E-state index contributed by atoms with van der Waals surface area (Å²) in [7, 11) is -1.65. The molecular formula is C14H13N3O5S. The highest BCUT2D eigenvalue weighted by molar-refractivity contribution is 7.86. The summed E-state index contributed by atoms with van der Waals surface area (Å²) in [5, 5.41) is 19.2. The van der Waals surface area contributed by atoms with Crippen LogP contribution in [0.25, 0.3) is 0 Å². The van der Waals surface area contributed by atoms with Crippen molar-refractivity contribution in [1.82, 2.24) is 5.48 Å². The van der Waals surface area contributed by atoms with Crippen LogP contribution in [0.15, 0.2) is 53.4 Å². The van der Waals surface area contributed by atoms with E-state index in [9.17, 15) is 19.1 Å². The number of anilines is 1. The number of nitrogens with one attached hydrogen (secondary N) is 2. The molecule has 1 amide bonds. The molecule has 2 aromatic carbocycles. The van der Waals surface area contributed by atoms with Crippen molar-refractivity contribution in [3.63, 3.8) is 0 Å². The lowest BCUT2D eigenvalue weighted by Gasteiger charge is -2.07. The van der Waals surface area contributed by atoms with E-state index in [1.165, 1.54) is 29.7 Å². The van der Waals surface area contributed by atoms with Crippen LogP contribution in [0.1, 0.15) is 5.56 Å². The summed E-state index contributed by atoms with van der Waals surface area (Å²) < 4.78 is 14.9. The largest absolute Gasteiger partial charge is 0.301 e. The molecule has 0 fully saturated rings. The second-order valence-corrected chi connectivity index (χ2v) is 5.75. The van der Waals surface area contributed by atoms with Crippen molar-refractivity contribution >= 4 is 28.3 Å². The van der Waals surface area contributed by atoms with Crippen molar-refractivity contribution in [3.8, 4) is 0 Å². The van der Waals surface area contributed by atoms with E-state index in [1.807, 2.05) is 0 Å². The smallest absolute Gasteiger partial charge is 0.270 e. The second-order valence-electron chi connectivity index (χ2n) is 4.53. The van der Waals surface area contributed by atoms with Crippen molar-refractivity contribution < 1.29 is 19.1 Å². The fourth-order valence-electron chi connectivity index (χ4n) is 1.79. The Morgan fingerprint density at radius 1 is 1.22 bits per heavy atom. The molecule has 1 atom stereocenters. The molecule has 0 saturated carbocycles. The van der Waals surface area contributed by atoms with Gasteiger partial charge in [0.05, 0.1) is 16.2 Å². The first kappa shape index (κ1) is 16.6. The highest BCUT2D eigenvalue weighted by Gasteiger charge is 2.10. The van der Waals surface area contributed by atoms with Crippen molar-refractivity contribution in [2.45, 2.75) is 11.3 Å². The number of hydroxylamine groups is 1. The normalized spacial score (nSPS) is 11.5. The predicted octanol–water partition coefficient (Wildman–Crippen LogP) is 1.78. The van der Waals surface area contributed by atoms with Crippen molar-refractivity contribution in [2.24, 2.45) is 0 Å². The molecule has 1 unspecified atom stereocenters. The first-order valence-corrected chi connectivity index (χ1v) is 7.59. The number of hydrogen-bond acceptors (Lipinski definition) is 5. The molecule has 0 aliphatic heterocycles. The minimum absolute atomic E-state index is 0.0186. The van der Waals surface area contributed by atoms with E-state index < -0.39 is 21.8 Å². The van der Waals surface area contributed by atoms with Gasteiger partial charge in [-0.3, -0.25) is 20.1 Å². The fraction of sp³-hybridized carbons (Fsp3) is 0.0714. The Kier molecular flexibility index (Phi) is 5.39. The average Bonchev–Trinajstić information content (AvgIpc) is 2.56. The minimum Gasteiger partial charge on any atom is -0.301 e. The third-order valence-corrected chi connectivity index (χ3v) is 4.00. The van der Waals surface area contributed by atoms with Gasteiger partial charge < -0.3 is 4.72 Å². The molecule has 0 heterocycles. The number of rotatable bonds is 6. The Morgan fingerprint density at radius 2 is 1.91 bits per heavy atom. The number of carbonyl (C=O) groups is 1. The van der Waals surface area contributed by atoms with Gasteiger partial charge in [0.1, 0.15) is 0 Å². The number of benzene rings is 2. The second kappa shape index (κ2) is 7.47. The Balaban J connectivity index is 2.07. The van der Waals surface area contributed by atoms with E-state index in [1.54, 1.807) is 24.3 Å². The summed E-state index contributed by atoms with van der Waals surface area (Å²) >= 11 is 0. The number of hydrogen-bond donors (Lipinski definition) is 3. The van der Waals surface area contributed by atoms with Gasteiger partial charge >= 0.3 is 0 Å². The monoisotopic (exact) mass is 335 g/mol. The zero-order chi connectivity index (χ0) is 16.8. The van der Waals surface area contributed by atoms with E-state index in [0.717, 1.165) is 0 Å². The van der Waals surface area contributed by atoms with Gasteiger partial charge in [-0.1, -0.05) is 18.2 Å². The maximum atomic E-state index is 12.2. The lowest BCUT2D eigenvalue weighted by atomic mass is 10.1. The molecule has 9 heteroatoms. The number of non-ortho nitro benzene ring substituents is 1. The molecule has 2 aromatic rings. The Labute approximate surface area is 133 Å². The molecule has 0 aliphatic rings. The average molecular weight is 335 g/mol. The van der Waals surface area contributed by atoms with Crippen molar-refractivity contribution in [2.75, 3.05) is 4.72 Å². The molecule has 2 rings (SSSR count). The standard InChI is InChI=1S/C14H13N3O5S/c18-14(15-19)8-10-4-6-11(7-5-10)16-23(22)13-3-1-2-12(9-13)17(20)21/h1-7,9,16,19H,8H2,(H,15,18). The fourth-order valence-corrected chi connectivity index (χ4v) is 2.69. The first-order valence-electron chi connectivity index (χ1n) is 6.44. The molecule has 0 saturated heterocycles. The zero-order valence-electron chi connectivity index (χ0n) is 11.8. The maximum Gasteiger partial charge on any atom is 0.270 e. The first-order chi connectivity index (χ1) is 11.0. The molecule has 3 N–H and O–H groups in total. The van der Waals surface area contributed by atoms with Gasteiger partial charge in [-0.15, -0.1) is 0 Å². The third kappa shape index (κ3) is 4.59. The van der Waals surface area contributed by atoms with Gasteiger partial charge in [0.2, 0.25) is 5.91 Å². The highest BCUT2D eigenvalue weighted by Crippen LogP contribution is 2.18. The summed E-state index contributed by atoms with van der Waals surface area (Å²) in [6.45, 7) is 0. The Hall–Kier alpha value is -2.78. The highest BCUT2D eigenvalue weighted by atomic mass is 32.2. The summed E-state index contributed by atoms with van der Waals surface area (Å²) in [6, 6.07) is 12.1. The molecule has 0 bridgehead atoms. The maximum absolute atomic E-state index is 12.2. The van der Waals surface area contributed by atoms with Gasteiger partial charge in [-0.05, 0) is 23.8 Å². The van der Waals surface area contributed by atoms with Crippen LogP contribution in [0.4, 0.5) is 11.4 Å². The van der Waals surface area contributed by atoms with Crippen LogP contribution in [-0.2, 0) is 22.2 Å². The third-order valence-electron chi connectivity index (χ3n) is 2.90. The van der Waals surface area contributed by atoms with Crippen LogP contribution in [0.2, 0.25) is 0 Å². The van der Waals surface area contributed by atoms with Crippen LogP contribution in [0.5, 0.6) is 0 Å². The molecule has 0 aliphatic carbocycles. The topological polar surface area (TPSA) is 122 Å². The van der Waals surface area contributed by atoms with Gasteiger partial charge in [-0.2, -0.15) is 0 Å². The molecular weight excluding hydrogens is 322 g/mol. The number of nitro groups is 1. The van der Waals surface area contributed by atoms with E-state index >= 15 is 0 Å². The van der Waals surface area contributed by atoms with Crippen molar-refractivity contribution in [1.29, 1.82) is 0 Å². The summed E-state index contributed by atoms with van der Waals surface area (Å²) in [4.78, 5) is 21.5. The molecule has 0 aromatic heterocycles. The van der Waals surface area contributed by atoms with E-state index in [4.69, 9.17) is 5.21 Å². The van der Waals surface area contributed by atoms with Crippen LogP contribution in [0.3, 0.4) is 0 Å². The lowest BCUT2D eigenvalue weighted by molar-refractivity contribution is -0.385. The lowest BCUT2D eigenvalue weighted by Crippen LogP contribution is -2.20.